The van der Waals surface area contributed by atoms with Gasteiger partial charge in [0.2, 0.25) is 0 Å². The second kappa shape index (κ2) is 31.8. The molecule has 0 rings (SSSR count). The normalized spacial score (nSPS) is 12.2. The maximum absolute atomic E-state index is 9.03. The Bertz CT molecular complexity index is 301. The van der Waals surface area contributed by atoms with Crippen molar-refractivity contribution in [3.05, 3.63) is 28.4 Å². The van der Waals surface area contributed by atoms with Crippen LogP contribution < -0.4 is 0 Å². The Balaban J connectivity index is -0.000000115. The van der Waals surface area contributed by atoms with Crippen LogP contribution in [0.4, 0.5) is 0 Å². The number of aliphatic hydroxyl groups excluding tert-OH is 6. The van der Waals surface area contributed by atoms with Crippen molar-refractivity contribution in [2.45, 2.75) is 50.7 Å². The summed E-state index contributed by atoms with van der Waals surface area (Å²) in [5, 5.41) is 52.6. The minimum absolute atomic E-state index is 0. The van der Waals surface area contributed by atoms with E-state index in [1.807, 2.05) is 0 Å². The van der Waals surface area contributed by atoms with Gasteiger partial charge in [0, 0.05) is 39.6 Å². The fourth-order valence-corrected chi connectivity index (χ4v) is 2.13. The van der Waals surface area contributed by atoms with Crippen LogP contribution in [0.25, 0.3) is 0 Å². The number of rotatable bonds is 18. The standard InChI is InChI=1S/C7H14O4.2C7H15O3.2Rf/c1-10-5-7(3-8,4-9)6-11-2;2*1-10-6-7(9)4-2-3-5-8;;/h8-9H,1-6H2;2*7-9H,1-6H2;;/q-2;2*-1;;. The van der Waals surface area contributed by atoms with Gasteiger partial charge in [-0.3, -0.25) is 0 Å². The Morgan fingerprint density at radius 3 is 1.12 bits per heavy atom. The molecule has 6 N–H and O–H groups in total. The van der Waals surface area contributed by atoms with Crippen molar-refractivity contribution in [1.82, 2.24) is 0 Å². The molecule has 10 nitrogen and oxygen atoms in total. The summed E-state index contributed by atoms with van der Waals surface area (Å²) in [5.41, 5.74) is -0.774. The third kappa shape index (κ3) is 29.6. The number of aliphatic hydroxyl groups is 6. The molecule has 0 aliphatic heterocycles. The maximum Gasteiger partial charge on any atom is 0.0743 e. The van der Waals surface area contributed by atoms with Crippen molar-refractivity contribution >= 4 is 0 Å². The van der Waals surface area contributed by atoms with E-state index in [1.165, 1.54) is 0 Å². The van der Waals surface area contributed by atoms with Gasteiger partial charge in [0.1, 0.15) is 0 Å². The molecule has 0 bridgehead atoms. The molecule has 0 heterocycles. The van der Waals surface area contributed by atoms with E-state index >= 15 is 0 Å². The van der Waals surface area contributed by atoms with Gasteiger partial charge < -0.3 is 49.6 Å². The smallest absolute Gasteiger partial charge is 0.0743 e. The van der Waals surface area contributed by atoms with Gasteiger partial charge in [0.05, 0.1) is 30.8 Å². The average molecular weight is 991 g/mol. The SMILES string of the molecule is [CH2-]OCC(CO)(CO)CO[CH2-].[CH2-]OCC(O)CCCCO.[CH2-]OCC(O)CCCCO.[Rf].[Rf]. The third-order valence-corrected chi connectivity index (χ3v) is 4.00. The monoisotopic (exact) mass is 991 g/mol. The predicted molar refractivity (Wildman–Crippen MR) is 116 cm³/mol. The second-order valence-corrected chi connectivity index (χ2v) is 7.00. The summed E-state index contributed by atoms with van der Waals surface area (Å²) in [6.45, 7) is 0.820. The van der Waals surface area contributed by atoms with Crippen LogP contribution >= 0.6 is 0 Å². The van der Waals surface area contributed by atoms with Crippen molar-refractivity contribution in [2.24, 2.45) is 5.41 Å². The topological polar surface area (TPSA) is 158 Å². The molecule has 2 atom stereocenters. The van der Waals surface area contributed by atoms with Crippen LogP contribution in [0.5, 0.6) is 0 Å². The zero-order valence-corrected chi connectivity index (χ0v) is 32.9. The Labute approximate surface area is 187 Å². The second-order valence-electron chi connectivity index (χ2n) is 7.00. The van der Waals surface area contributed by atoms with Crippen LogP contribution in [0.3, 0.4) is 0 Å². The largest absolute Gasteiger partial charge is 0.554 e. The minimum atomic E-state index is -0.774. The minimum Gasteiger partial charge on any atom is -0.554 e. The van der Waals surface area contributed by atoms with E-state index in [1.54, 1.807) is 0 Å². The molecular formula is C21H44O10Rf2-4. The summed E-state index contributed by atoms with van der Waals surface area (Å²) < 4.78 is 18.1. The Kier molecular flexibility index (Phi) is 39.4. The molecule has 0 spiro atoms. The van der Waals surface area contributed by atoms with Gasteiger partial charge in [-0.15, -0.1) is 0 Å². The van der Waals surface area contributed by atoms with Crippen LogP contribution in [-0.4, -0.2) is 95.7 Å². The van der Waals surface area contributed by atoms with Crippen LogP contribution in [0.1, 0.15) is 38.5 Å². The predicted octanol–water partition coefficient (Wildman–Crippen LogP) is 0.210. The van der Waals surface area contributed by atoms with Crippen LogP contribution in [-0.2, 0) is 18.9 Å². The first kappa shape index (κ1) is 40.9. The molecule has 0 fully saturated rings. The number of hydrogen-bond acceptors (Lipinski definition) is 10. The molecule has 0 aliphatic rings. The van der Waals surface area contributed by atoms with E-state index in [2.05, 4.69) is 47.4 Å². The molecule has 0 amide bonds. The first-order valence-electron chi connectivity index (χ1n) is 10.1. The zero-order chi connectivity index (χ0) is 24.4. The molecule has 0 aliphatic carbocycles. The molecular weight excluding hydrogens is 946 g/mol. The number of hydrogen-bond donors (Lipinski definition) is 6. The van der Waals surface area contributed by atoms with Crippen molar-refractivity contribution < 1.29 is 49.6 Å². The van der Waals surface area contributed by atoms with Crippen LogP contribution in [0, 0.1) is 33.9 Å². The van der Waals surface area contributed by atoms with Gasteiger partial charge in [-0.25, -0.2) is 28.4 Å². The first-order valence-corrected chi connectivity index (χ1v) is 10.1. The van der Waals surface area contributed by atoms with Gasteiger partial charge in [0.25, 0.3) is 0 Å². The average Bonchev–Trinajstić information content (AvgIpc) is 2.75. The summed E-state index contributed by atoms with van der Waals surface area (Å²) in [7, 11) is 12.6. The molecule has 0 radical (unpaired) electrons. The van der Waals surface area contributed by atoms with Crippen molar-refractivity contribution in [2.75, 3.05) is 52.9 Å². The van der Waals surface area contributed by atoms with E-state index in [0.29, 0.717) is 12.8 Å². The van der Waals surface area contributed by atoms with Gasteiger partial charge in [-0.2, -0.15) is 0 Å². The summed E-state index contributed by atoms with van der Waals surface area (Å²) in [6.07, 6.45) is 3.66. The summed E-state index contributed by atoms with van der Waals surface area (Å²) in [6, 6.07) is 0. The number of ether oxygens (including phenoxy) is 4. The van der Waals surface area contributed by atoms with E-state index in [-0.39, 0.29) is 52.9 Å². The van der Waals surface area contributed by atoms with Gasteiger partial charge in [-0.05, 0) is 38.5 Å². The maximum atomic E-state index is 9.03. The zero-order valence-electron chi connectivity index (χ0n) is 20.1. The quantitative estimate of drug-likeness (QED) is 0.0830. The van der Waals surface area contributed by atoms with Gasteiger partial charge in [0.15, 0.2) is 0 Å². The van der Waals surface area contributed by atoms with E-state index in [4.69, 9.17) is 30.6 Å². The van der Waals surface area contributed by atoms with Gasteiger partial charge >= 0.3 is 0 Å². The van der Waals surface area contributed by atoms with E-state index in [9.17, 15) is 0 Å². The molecule has 0 saturated heterocycles. The Morgan fingerprint density at radius 2 is 0.909 bits per heavy atom. The number of unbranched alkanes of at least 4 members (excludes halogenated alkanes) is 2. The molecule has 0 saturated carbocycles. The van der Waals surface area contributed by atoms with Crippen molar-refractivity contribution in [3.63, 3.8) is 0 Å². The fraction of sp³-hybridized carbons (Fsp3) is 0.810. The van der Waals surface area contributed by atoms with E-state index in [0.717, 1.165) is 25.7 Å². The van der Waals surface area contributed by atoms with E-state index < -0.39 is 17.6 Å². The van der Waals surface area contributed by atoms with Crippen LogP contribution in [0.15, 0.2) is 0 Å². The fourth-order valence-electron chi connectivity index (χ4n) is 2.13. The summed E-state index contributed by atoms with van der Waals surface area (Å²) in [4.78, 5) is 0. The molecule has 0 aromatic carbocycles. The third-order valence-electron chi connectivity index (χ3n) is 4.00. The molecule has 33 heavy (non-hydrogen) atoms. The molecule has 196 valence electrons. The Hall–Kier alpha value is -2.40. The first-order chi connectivity index (χ1) is 14.9. The van der Waals surface area contributed by atoms with Gasteiger partial charge in [-0.1, -0.05) is 0 Å². The van der Waals surface area contributed by atoms with Crippen molar-refractivity contribution in [1.29, 1.82) is 0 Å². The van der Waals surface area contributed by atoms with Crippen LogP contribution in [0.2, 0.25) is 0 Å². The molecule has 12 heteroatoms. The summed E-state index contributed by atoms with van der Waals surface area (Å²) in [5.74, 6) is 0. The Morgan fingerprint density at radius 1 is 0.576 bits per heavy atom. The molecule has 2 unspecified atom stereocenters. The molecule has 0 aromatic rings. The summed E-state index contributed by atoms with van der Waals surface area (Å²) >= 11 is 0. The molecule has 0 aromatic heterocycles. The van der Waals surface area contributed by atoms with Crippen molar-refractivity contribution in [3.8, 4) is 0 Å².